The van der Waals surface area contributed by atoms with Crippen LogP contribution in [0.5, 0.6) is 0 Å². The Hall–Kier alpha value is -2.53. The van der Waals surface area contributed by atoms with E-state index >= 15 is 0 Å². The van der Waals surface area contributed by atoms with E-state index in [2.05, 4.69) is 4.90 Å². The summed E-state index contributed by atoms with van der Waals surface area (Å²) in [7, 11) is 1.80. The van der Waals surface area contributed by atoms with Crippen molar-refractivity contribution in [1.82, 2.24) is 9.80 Å². The lowest BCUT2D eigenvalue weighted by molar-refractivity contribution is 0.0726. The maximum absolute atomic E-state index is 13.8. The highest BCUT2D eigenvalue weighted by molar-refractivity contribution is 6.07. The Morgan fingerprint density at radius 2 is 1.79 bits per heavy atom. The average Bonchev–Trinajstić information content (AvgIpc) is 2.73. The summed E-state index contributed by atoms with van der Waals surface area (Å²) in [5.41, 5.74) is 1.69. The lowest BCUT2D eigenvalue weighted by atomic mass is 9.96. The topological polar surface area (TPSA) is 40.6 Å². The quantitative estimate of drug-likeness (QED) is 0.663. The van der Waals surface area contributed by atoms with Crippen molar-refractivity contribution in [3.8, 4) is 0 Å². The van der Waals surface area contributed by atoms with E-state index in [1.165, 1.54) is 13.0 Å². The molecule has 0 bridgehead atoms. The summed E-state index contributed by atoms with van der Waals surface area (Å²) in [5, 5.41) is 0. The van der Waals surface area contributed by atoms with E-state index < -0.39 is 0 Å². The second kappa shape index (κ2) is 9.79. The predicted octanol–water partition coefficient (Wildman–Crippen LogP) is 4.06. The average molecular weight is 397 g/mol. The van der Waals surface area contributed by atoms with Crippen LogP contribution in [0, 0.1) is 11.7 Å². The fraction of sp³-hybridized carbons (Fsp3) is 0.417. The van der Waals surface area contributed by atoms with Crippen LogP contribution in [0.1, 0.15) is 46.0 Å². The van der Waals surface area contributed by atoms with Crippen LogP contribution in [0.3, 0.4) is 0 Å². The van der Waals surface area contributed by atoms with E-state index in [0.29, 0.717) is 30.0 Å². The first-order chi connectivity index (χ1) is 14.0. The van der Waals surface area contributed by atoms with Gasteiger partial charge in [-0.1, -0.05) is 36.4 Å². The van der Waals surface area contributed by atoms with E-state index in [1.807, 2.05) is 12.1 Å². The number of benzene rings is 2. The number of carbonyl (C=O) groups excluding carboxylic acids is 2. The number of nitrogens with zero attached hydrogens (tertiary/aromatic N) is 2. The zero-order valence-corrected chi connectivity index (χ0v) is 17.2. The first kappa shape index (κ1) is 21.2. The van der Waals surface area contributed by atoms with Crippen LogP contribution in [0.15, 0.2) is 48.5 Å². The third kappa shape index (κ3) is 5.51. The Balaban J connectivity index is 1.56. The standard InChI is InChI=1S/C24H29FN2O2/c1-18(28)21-10-4-5-11-22(21)24(29)26(2)16-19-8-7-14-27(17-19)15-13-20-9-3-6-12-23(20)25/h3-6,9-12,19H,7-8,13-17H2,1-2H3. The summed E-state index contributed by atoms with van der Waals surface area (Å²) < 4.78 is 13.8. The van der Waals surface area contributed by atoms with E-state index in [9.17, 15) is 14.0 Å². The number of rotatable bonds is 7. The zero-order valence-electron chi connectivity index (χ0n) is 17.2. The Bertz CT molecular complexity index is 867. The second-order valence-corrected chi connectivity index (χ2v) is 7.94. The number of hydrogen-bond acceptors (Lipinski definition) is 3. The van der Waals surface area contributed by atoms with Gasteiger partial charge in [-0.15, -0.1) is 0 Å². The number of ketones is 1. The number of Topliss-reactive ketones (excluding diaryl/α,β-unsaturated/α-hetero) is 1. The van der Waals surface area contributed by atoms with Crippen molar-refractivity contribution in [2.24, 2.45) is 5.92 Å². The molecule has 5 heteroatoms. The molecule has 1 atom stereocenters. The van der Waals surface area contributed by atoms with E-state index in [4.69, 9.17) is 0 Å². The van der Waals surface area contributed by atoms with E-state index in [1.54, 1.807) is 42.3 Å². The minimum atomic E-state index is -0.143. The highest BCUT2D eigenvalue weighted by Gasteiger charge is 2.24. The SMILES string of the molecule is CC(=O)c1ccccc1C(=O)N(C)CC1CCCN(CCc2ccccc2F)C1. The van der Waals surface area contributed by atoms with Gasteiger partial charge < -0.3 is 9.80 Å². The van der Waals surface area contributed by atoms with Crippen molar-refractivity contribution in [1.29, 1.82) is 0 Å². The molecular formula is C24H29FN2O2. The Labute approximate surface area is 172 Å². The first-order valence-electron chi connectivity index (χ1n) is 10.3. The molecule has 1 amide bonds. The highest BCUT2D eigenvalue weighted by atomic mass is 19.1. The van der Waals surface area contributed by atoms with Gasteiger partial charge in [0.1, 0.15) is 5.82 Å². The predicted molar refractivity (Wildman–Crippen MR) is 113 cm³/mol. The monoisotopic (exact) mass is 396 g/mol. The molecule has 0 aliphatic carbocycles. The van der Waals surface area contributed by atoms with Crippen LogP contribution in [-0.4, -0.2) is 54.7 Å². The highest BCUT2D eigenvalue weighted by Crippen LogP contribution is 2.20. The largest absolute Gasteiger partial charge is 0.341 e. The smallest absolute Gasteiger partial charge is 0.254 e. The summed E-state index contributed by atoms with van der Waals surface area (Å²) in [5.74, 6) is 0.0250. The molecule has 0 aromatic heterocycles. The molecule has 1 fully saturated rings. The minimum absolute atomic E-state index is 0.0978. The van der Waals surface area contributed by atoms with Crippen molar-refractivity contribution in [2.45, 2.75) is 26.2 Å². The van der Waals surface area contributed by atoms with Gasteiger partial charge in [0, 0.05) is 32.2 Å². The van der Waals surface area contributed by atoms with Crippen molar-refractivity contribution < 1.29 is 14.0 Å². The molecule has 1 aliphatic rings. The number of halogens is 1. The van der Waals surface area contributed by atoms with E-state index in [0.717, 1.165) is 38.0 Å². The molecule has 154 valence electrons. The van der Waals surface area contributed by atoms with Crippen LogP contribution >= 0.6 is 0 Å². The molecule has 3 rings (SSSR count). The molecule has 1 heterocycles. The van der Waals surface area contributed by atoms with Crippen LogP contribution in [0.2, 0.25) is 0 Å². The van der Waals surface area contributed by atoms with Gasteiger partial charge in [-0.25, -0.2) is 4.39 Å². The second-order valence-electron chi connectivity index (χ2n) is 7.94. The Morgan fingerprint density at radius 1 is 1.10 bits per heavy atom. The van der Waals surface area contributed by atoms with Gasteiger partial charge in [0.05, 0.1) is 5.56 Å². The molecule has 2 aromatic carbocycles. The first-order valence-corrected chi connectivity index (χ1v) is 10.3. The van der Waals surface area contributed by atoms with Gasteiger partial charge in [-0.3, -0.25) is 9.59 Å². The van der Waals surface area contributed by atoms with Gasteiger partial charge in [0.25, 0.3) is 5.91 Å². The maximum atomic E-state index is 13.8. The fourth-order valence-electron chi connectivity index (χ4n) is 4.14. The summed E-state index contributed by atoms with van der Waals surface area (Å²) in [4.78, 5) is 28.8. The maximum Gasteiger partial charge on any atom is 0.254 e. The van der Waals surface area contributed by atoms with Gasteiger partial charge >= 0.3 is 0 Å². The normalized spacial score (nSPS) is 17.1. The third-order valence-electron chi connectivity index (χ3n) is 5.67. The minimum Gasteiger partial charge on any atom is -0.341 e. The van der Waals surface area contributed by atoms with Crippen LogP contribution in [0.25, 0.3) is 0 Å². The summed E-state index contributed by atoms with van der Waals surface area (Å²) in [6.07, 6.45) is 2.84. The molecule has 1 saturated heterocycles. The molecule has 0 spiro atoms. The molecule has 29 heavy (non-hydrogen) atoms. The third-order valence-corrected chi connectivity index (χ3v) is 5.67. The van der Waals surface area contributed by atoms with E-state index in [-0.39, 0.29) is 17.5 Å². The van der Waals surface area contributed by atoms with Crippen LogP contribution < -0.4 is 0 Å². The molecular weight excluding hydrogens is 367 g/mol. The lowest BCUT2D eigenvalue weighted by Crippen LogP contribution is -2.42. The van der Waals surface area contributed by atoms with Crippen LogP contribution in [-0.2, 0) is 6.42 Å². The molecule has 0 saturated carbocycles. The van der Waals surface area contributed by atoms with Crippen LogP contribution in [0.4, 0.5) is 4.39 Å². The fourth-order valence-corrected chi connectivity index (χ4v) is 4.14. The number of likely N-dealkylation sites (tertiary alicyclic amines) is 1. The Kier molecular flexibility index (Phi) is 7.15. The van der Waals surface area contributed by atoms with Crippen molar-refractivity contribution in [2.75, 3.05) is 33.2 Å². The Morgan fingerprint density at radius 3 is 2.52 bits per heavy atom. The molecule has 4 nitrogen and oxygen atoms in total. The van der Waals surface area contributed by atoms with Gasteiger partial charge in [0.2, 0.25) is 0 Å². The molecule has 0 N–H and O–H groups in total. The number of hydrogen-bond donors (Lipinski definition) is 0. The number of carbonyl (C=O) groups is 2. The van der Waals surface area contributed by atoms with Gasteiger partial charge in [-0.05, 0) is 56.3 Å². The molecule has 2 aromatic rings. The van der Waals surface area contributed by atoms with Gasteiger partial charge in [-0.2, -0.15) is 0 Å². The molecule has 0 radical (unpaired) electrons. The van der Waals surface area contributed by atoms with Gasteiger partial charge in [0.15, 0.2) is 5.78 Å². The molecule has 1 aliphatic heterocycles. The number of amides is 1. The summed E-state index contributed by atoms with van der Waals surface area (Å²) in [6, 6.07) is 13.9. The number of piperidine rings is 1. The van der Waals surface area contributed by atoms with Crippen molar-refractivity contribution in [3.05, 3.63) is 71.0 Å². The molecule has 1 unspecified atom stereocenters. The zero-order chi connectivity index (χ0) is 20.8. The summed E-state index contributed by atoms with van der Waals surface area (Å²) in [6.45, 7) is 4.88. The van der Waals surface area contributed by atoms with Crippen molar-refractivity contribution in [3.63, 3.8) is 0 Å². The lowest BCUT2D eigenvalue weighted by Gasteiger charge is -2.35. The summed E-state index contributed by atoms with van der Waals surface area (Å²) >= 11 is 0. The van der Waals surface area contributed by atoms with Crippen molar-refractivity contribution >= 4 is 11.7 Å².